The van der Waals surface area contributed by atoms with Crippen LogP contribution in [0.25, 0.3) is 98.4 Å². The van der Waals surface area contributed by atoms with E-state index in [9.17, 15) is 0 Å². The minimum Gasteiger partial charge on any atom is -0.0616 e. The molecule has 0 aliphatic carbocycles. The molecule has 50 heavy (non-hydrogen) atoms. The van der Waals surface area contributed by atoms with Crippen molar-refractivity contribution in [1.29, 1.82) is 0 Å². The van der Waals surface area contributed by atoms with Crippen molar-refractivity contribution in [2.75, 3.05) is 0 Å². The third-order valence-electron chi connectivity index (χ3n) is 10.5. The molecular formula is C50H32. The van der Waals surface area contributed by atoms with E-state index in [1.165, 1.54) is 98.4 Å². The minimum absolute atomic E-state index is 1.22. The number of hydrogen-bond acceptors (Lipinski definition) is 0. The quantitative estimate of drug-likeness (QED) is 0.134. The lowest BCUT2D eigenvalue weighted by atomic mass is 9.82. The van der Waals surface area contributed by atoms with Crippen molar-refractivity contribution in [1.82, 2.24) is 0 Å². The molecule has 232 valence electrons. The molecule has 0 saturated heterocycles. The van der Waals surface area contributed by atoms with E-state index in [1.807, 2.05) is 0 Å². The first-order chi connectivity index (χ1) is 24.8. The third kappa shape index (κ3) is 4.46. The average Bonchev–Trinajstić information content (AvgIpc) is 3.19. The van der Waals surface area contributed by atoms with Crippen molar-refractivity contribution < 1.29 is 0 Å². The summed E-state index contributed by atoms with van der Waals surface area (Å²) >= 11 is 0. The molecule has 0 aliphatic heterocycles. The van der Waals surface area contributed by atoms with Gasteiger partial charge in [0.15, 0.2) is 0 Å². The molecule has 0 heterocycles. The monoisotopic (exact) mass is 632 g/mol. The number of benzene rings is 10. The third-order valence-corrected chi connectivity index (χ3v) is 10.5. The van der Waals surface area contributed by atoms with E-state index in [-0.39, 0.29) is 0 Å². The molecule has 0 aromatic heterocycles. The maximum Gasteiger partial charge on any atom is -0.00201 e. The lowest BCUT2D eigenvalue weighted by molar-refractivity contribution is 1.62. The van der Waals surface area contributed by atoms with Crippen LogP contribution in [-0.4, -0.2) is 0 Å². The van der Waals surface area contributed by atoms with Gasteiger partial charge in [-0.2, -0.15) is 0 Å². The van der Waals surface area contributed by atoms with E-state index in [1.54, 1.807) is 0 Å². The highest BCUT2D eigenvalue weighted by molar-refractivity contribution is 6.23. The fourth-order valence-corrected chi connectivity index (χ4v) is 8.24. The molecule has 0 radical (unpaired) electrons. The van der Waals surface area contributed by atoms with E-state index >= 15 is 0 Å². The van der Waals surface area contributed by atoms with Gasteiger partial charge in [-0.25, -0.2) is 0 Å². The van der Waals surface area contributed by atoms with Crippen LogP contribution in [0.4, 0.5) is 0 Å². The second-order valence-electron chi connectivity index (χ2n) is 13.2. The Hall–Kier alpha value is -6.50. The van der Waals surface area contributed by atoms with Crippen molar-refractivity contribution in [2.24, 2.45) is 0 Å². The van der Waals surface area contributed by atoms with Gasteiger partial charge < -0.3 is 0 Å². The van der Waals surface area contributed by atoms with Crippen LogP contribution in [-0.2, 0) is 0 Å². The molecule has 0 atom stereocenters. The number of hydrogen-bond donors (Lipinski definition) is 0. The highest BCUT2D eigenvalue weighted by Crippen LogP contribution is 2.47. The van der Waals surface area contributed by atoms with Gasteiger partial charge in [0.05, 0.1) is 0 Å². The van der Waals surface area contributed by atoms with Crippen LogP contribution in [0.3, 0.4) is 0 Å². The van der Waals surface area contributed by atoms with Crippen molar-refractivity contribution in [3.05, 3.63) is 194 Å². The Morgan fingerprint density at radius 1 is 0.200 bits per heavy atom. The van der Waals surface area contributed by atoms with Crippen LogP contribution >= 0.6 is 0 Å². The number of fused-ring (bicyclic) bond motifs is 6. The molecule has 0 aliphatic rings. The predicted molar refractivity (Wildman–Crippen MR) is 216 cm³/mol. The van der Waals surface area contributed by atoms with Crippen molar-refractivity contribution >= 4 is 53.9 Å². The van der Waals surface area contributed by atoms with E-state index in [0.717, 1.165) is 0 Å². The Labute approximate surface area is 291 Å². The molecule has 0 bridgehead atoms. The predicted octanol–water partition coefficient (Wildman–Crippen LogP) is 14.1. The maximum atomic E-state index is 2.38. The first-order valence-corrected chi connectivity index (χ1v) is 17.4. The fraction of sp³-hybridized carbons (Fsp3) is 0. The Balaban J connectivity index is 1.22. The summed E-state index contributed by atoms with van der Waals surface area (Å²) in [4.78, 5) is 0. The van der Waals surface area contributed by atoms with E-state index < -0.39 is 0 Å². The maximum absolute atomic E-state index is 2.38. The molecule has 0 unspecified atom stereocenters. The summed E-state index contributed by atoms with van der Waals surface area (Å²) in [7, 11) is 0. The molecule has 0 nitrogen and oxygen atoms in total. The van der Waals surface area contributed by atoms with Gasteiger partial charge in [0.1, 0.15) is 0 Å². The lowest BCUT2D eigenvalue weighted by Crippen LogP contribution is -1.93. The van der Waals surface area contributed by atoms with Gasteiger partial charge in [-0.1, -0.05) is 188 Å². The molecule has 10 aromatic carbocycles. The van der Waals surface area contributed by atoms with Gasteiger partial charge in [-0.3, -0.25) is 0 Å². The highest BCUT2D eigenvalue weighted by atomic mass is 14.2. The van der Waals surface area contributed by atoms with Gasteiger partial charge in [-0.15, -0.1) is 0 Å². The van der Waals surface area contributed by atoms with Crippen LogP contribution < -0.4 is 0 Å². The molecule has 0 heteroatoms. The molecule has 0 spiro atoms. The van der Waals surface area contributed by atoms with Crippen molar-refractivity contribution in [3.8, 4) is 44.5 Å². The largest absolute Gasteiger partial charge is 0.0616 e. The zero-order valence-corrected chi connectivity index (χ0v) is 27.5. The highest BCUT2D eigenvalue weighted by Gasteiger charge is 2.20. The molecular weight excluding hydrogens is 601 g/mol. The van der Waals surface area contributed by atoms with Gasteiger partial charge >= 0.3 is 0 Å². The van der Waals surface area contributed by atoms with Gasteiger partial charge in [0, 0.05) is 0 Å². The Morgan fingerprint density at radius 3 is 1.32 bits per heavy atom. The van der Waals surface area contributed by atoms with E-state index in [4.69, 9.17) is 0 Å². The molecule has 0 fully saturated rings. The molecule has 0 amide bonds. The Kier molecular flexibility index (Phi) is 6.60. The lowest BCUT2D eigenvalue weighted by Gasteiger charge is -2.20. The summed E-state index contributed by atoms with van der Waals surface area (Å²) in [5.41, 5.74) is 10.0. The van der Waals surface area contributed by atoms with Crippen LogP contribution in [0, 0.1) is 0 Å². The van der Waals surface area contributed by atoms with Gasteiger partial charge in [0.25, 0.3) is 0 Å². The zero-order chi connectivity index (χ0) is 33.0. The standard InChI is InChI=1S/C50H32/c1-3-17-37-33(14-1)16-13-27-38(37)34-28-30-35(31-29-34)49-44-23-9-11-25-46(44)50(47-26-12-10-24-45(47)49)43-22-8-7-21-42(43)48-32-36-15-2-4-18-39(36)40-19-5-6-20-41(40)48/h1-32H. The van der Waals surface area contributed by atoms with Crippen LogP contribution in [0.2, 0.25) is 0 Å². The molecule has 10 rings (SSSR count). The minimum atomic E-state index is 1.22. The van der Waals surface area contributed by atoms with E-state index in [2.05, 4.69) is 194 Å². The smallest absolute Gasteiger partial charge is 0.00201 e. The first-order valence-electron chi connectivity index (χ1n) is 17.4. The normalized spacial score (nSPS) is 11.6. The first kappa shape index (κ1) is 28.5. The van der Waals surface area contributed by atoms with Crippen molar-refractivity contribution in [2.45, 2.75) is 0 Å². The second-order valence-corrected chi connectivity index (χ2v) is 13.2. The van der Waals surface area contributed by atoms with Gasteiger partial charge in [-0.05, 0) is 104 Å². The summed E-state index contributed by atoms with van der Waals surface area (Å²) in [6, 6.07) is 71.3. The molecule has 10 aromatic rings. The van der Waals surface area contributed by atoms with Crippen LogP contribution in [0.1, 0.15) is 0 Å². The van der Waals surface area contributed by atoms with Crippen LogP contribution in [0.15, 0.2) is 194 Å². The topological polar surface area (TPSA) is 0 Å². The average molecular weight is 633 g/mol. The fourth-order valence-electron chi connectivity index (χ4n) is 8.24. The summed E-state index contributed by atoms with van der Waals surface area (Å²) < 4.78 is 0. The molecule has 0 N–H and O–H groups in total. The summed E-state index contributed by atoms with van der Waals surface area (Å²) in [5.74, 6) is 0. The summed E-state index contributed by atoms with van der Waals surface area (Å²) in [6.07, 6.45) is 0. The van der Waals surface area contributed by atoms with E-state index in [0.29, 0.717) is 0 Å². The summed E-state index contributed by atoms with van der Waals surface area (Å²) in [6.45, 7) is 0. The number of rotatable bonds is 4. The second kappa shape index (κ2) is 11.6. The SMILES string of the molecule is c1ccc(-c2cc3ccccc3c3ccccc23)c(-c2c3ccccc3c(-c3ccc(-c4cccc5ccccc45)cc3)c3ccccc23)c1. The Bertz CT molecular complexity index is 2850. The van der Waals surface area contributed by atoms with Crippen molar-refractivity contribution in [3.63, 3.8) is 0 Å². The van der Waals surface area contributed by atoms with Crippen LogP contribution in [0.5, 0.6) is 0 Å². The van der Waals surface area contributed by atoms with Gasteiger partial charge in [0.2, 0.25) is 0 Å². The molecule has 0 saturated carbocycles. The summed E-state index contributed by atoms with van der Waals surface area (Å²) in [5, 5.41) is 12.7. The zero-order valence-electron chi connectivity index (χ0n) is 27.5. The Morgan fingerprint density at radius 2 is 0.640 bits per heavy atom.